The molecule has 1 rings (SSSR count). The molecule has 1 unspecified atom stereocenters. The van der Waals surface area contributed by atoms with Crippen LogP contribution in [0.5, 0.6) is 11.5 Å². The lowest BCUT2D eigenvalue weighted by atomic mass is 10.0. The van der Waals surface area contributed by atoms with Gasteiger partial charge in [0, 0.05) is 12.5 Å². The first-order valence-corrected chi connectivity index (χ1v) is 18.0. The van der Waals surface area contributed by atoms with Crippen molar-refractivity contribution in [3.8, 4) is 11.5 Å². The van der Waals surface area contributed by atoms with Crippen LogP contribution in [0.1, 0.15) is 160 Å². The first-order chi connectivity index (χ1) is 22.0. The van der Waals surface area contributed by atoms with Crippen molar-refractivity contribution >= 4 is 18.0 Å². The smallest absolute Gasteiger partial charge is 0.330 e. The van der Waals surface area contributed by atoms with Crippen molar-refractivity contribution in [2.24, 2.45) is 0 Å². The maximum Gasteiger partial charge on any atom is 0.330 e. The monoisotopic (exact) mass is 632 g/mol. The third-order valence-corrected chi connectivity index (χ3v) is 8.20. The Labute approximate surface area is 274 Å². The Morgan fingerprint density at radius 1 is 0.689 bits per heavy atom. The Hall–Kier alpha value is -2.54. The van der Waals surface area contributed by atoms with E-state index in [1.807, 2.05) is 0 Å². The van der Waals surface area contributed by atoms with E-state index < -0.39 is 12.1 Å². The summed E-state index contributed by atoms with van der Waals surface area (Å²) in [6, 6.07) is 4.72. The van der Waals surface area contributed by atoms with Gasteiger partial charge in [0.05, 0.1) is 7.11 Å². The van der Waals surface area contributed by atoms with Gasteiger partial charge in [0.25, 0.3) is 0 Å². The van der Waals surface area contributed by atoms with Crippen LogP contribution in [0.25, 0.3) is 6.08 Å². The highest BCUT2D eigenvalue weighted by Gasteiger charge is 2.11. The second-order valence-corrected chi connectivity index (χ2v) is 12.4. The van der Waals surface area contributed by atoms with E-state index in [9.17, 15) is 19.8 Å². The summed E-state index contributed by atoms with van der Waals surface area (Å²) in [6.45, 7) is 1.80. The van der Waals surface area contributed by atoms with Crippen LogP contribution in [-0.4, -0.2) is 48.6 Å². The first-order valence-electron chi connectivity index (χ1n) is 18.0. The highest BCUT2D eigenvalue weighted by Crippen LogP contribution is 2.26. The minimum absolute atomic E-state index is 0.0361. The number of carbonyl (C=O) groups is 2. The van der Waals surface area contributed by atoms with Crippen molar-refractivity contribution in [3.05, 3.63) is 29.8 Å². The van der Waals surface area contributed by atoms with E-state index in [1.54, 1.807) is 12.1 Å². The molecule has 45 heavy (non-hydrogen) atoms. The van der Waals surface area contributed by atoms with Gasteiger partial charge in [-0.05, 0) is 30.2 Å². The van der Waals surface area contributed by atoms with Gasteiger partial charge in [-0.3, -0.25) is 4.79 Å². The van der Waals surface area contributed by atoms with Crippen LogP contribution in [0.4, 0.5) is 0 Å². The third-order valence-electron chi connectivity index (χ3n) is 8.20. The number of phenolic OH excluding ortho intramolecular Hbond substituents is 1. The molecule has 258 valence electrons. The van der Waals surface area contributed by atoms with E-state index in [0.717, 1.165) is 19.3 Å². The van der Waals surface area contributed by atoms with Gasteiger partial charge < -0.3 is 24.4 Å². The van der Waals surface area contributed by atoms with Crippen molar-refractivity contribution in [2.75, 3.05) is 20.3 Å². The number of esters is 2. The summed E-state index contributed by atoms with van der Waals surface area (Å²) in [7, 11) is 1.45. The number of unbranched alkanes of at least 4 members (excludes halogenated alkanes) is 21. The summed E-state index contributed by atoms with van der Waals surface area (Å²) in [5.74, 6) is -0.687. The van der Waals surface area contributed by atoms with Crippen molar-refractivity contribution in [1.29, 1.82) is 0 Å². The lowest BCUT2D eigenvalue weighted by molar-refractivity contribution is -0.150. The van der Waals surface area contributed by atoms with Gasteiger partial charge >= 0.3 is 11.9 Å². The van der Waals surface area contributed by atoms with Crippen molar-refractivity contribution < 1.29 is 34.0 Å². The Morgan fingerprint density at radius 2 is 1.13 bits per heavy atom. The zero-order chi connectivity index (χ0) is 32.8. The van der Waals surface area contributed by atoms with Crippen molar-refractivity contribution in [2.45, 2.75) is 161 Å². The molecule has 0 amide bonds. The fraction of sp³-hybridized carbons (Fsp3) is 0.737. The van der Waals surface area contributed by atoms with E-state index in [0.29, 0.717) is 17.7 Å². The summed E-state index contributed by atoms with van der Waals surface area (Å²) < 4.78 is 15.1. The normalized spacial score (nSPS) is 12.0. The van der Waals surface area contributed by atoms with Gasteiger partial charge in [0.2, 0.25) is 0 Å². The summed E-state index contributed by atoms with van der Waals surface area (Å²) in [5, 5.41) is 19.7. The molecule has 1 aromatic carbocycles. The Bertz CT molecular complexity index is 898. The van der Waals surface area contributed by atoms with Gasteiger partial charge in [-0.15, -0.1) is 0 Å². The molecule has 0 saturated heterocycles. The number of carbonyl (C=O) groups excluding carboxylic acids is 2. The highest BCUT2D eigenvalue weighted by molar-refractivity contribution is 5.87. The molecule has 0 aliphatic heterocycles. The highest BCUT2D eigenvalue weighted by atomic mass is 16.6. The van der Waals surface area contributed by atoms with Gasteiger partial charge in [0.1, 0.15) is 19.3 Å². The molecule has 0 aliphatic rings. The summed E-state index contributed by atoms with van der Waals surface area (Å²) >= 11 is 0. The molecular formula is C38H64O7. The van der Waals surface area contributed by atoms with Crippen LogP contribution in [-0.2, 0) is 19.1 Å². The fourth-order valence-electron chi connectivity index (χ4n) is 5.39. The minimum Gasteiger partial charge on any atom is -0.504 e. The van der Waals surface area contributed by atoms with Crippen LogP contribution >= 0.6 is 0 Å². The van der Waals surface area contributed by atoms with Crippen LogP contribution in [0.2, 0.25) is 0 Å². The zero-order valence-electron chi connectivity index (χ0n) is 28.6. The van der Waals surface area contributed by atoms with Gasteiger partial charge in [-0.1, -0.05) is 148 Å². The standard InChI is InChI=1S/C38H64O7/c1-3-4-5-6-7-8-9-10-11-12-13-14-15-16-17-18-19-20-21-22-23-24-25-37(41)44-31-34(39)32-45-38(42)29-27-33-26-28-36(43-2)35(40)30-33/h26-30,34,39-40H,3-25,31-32H2,1-2H3. The van der Waals surface area contributed by atoms with Crippen LogP contribution < -0.4 is 4.74 Å². The van der Waals surface area contributed by atoms with E-state index in [-0.39, 0.29) is 24.9 Å². The number of rotatable bonds is 30. The average molecular weight is 633 g/mol. The number of aliphatic hydroxyl groups is 1. The Balaban J connectivity index is 1.85. The van der Waals surface area contributed by atoms with E-state index in [4.69, 9.17) is 14.2 Å². The second kappa shape index (κ2) is 28.9. The minimum atomic E-state index is -1.08. The fourth-order valence-corrected chi connectivity index (χ4v) is 5.39. The lowest BCUT2D eigenvalue weighted by Gasteiger charge is -2.11. The first kappa shape index (κ1) is 40.5. The molecule has 0 fully saturated rings. The van der Waals surface area contributed by atoms with Crippen LogP contribution in [0, 0.1) is 0 Å². The number of hydrogen-bond donors (Lipinski definition) is 2. The zero-order valence-corrected chi connectivity index (χ0v) is 28.6. The second-order valence-electron chi connectivity index (χ2n) is 12.4. The molecule has 0 bridgehead atoms. The predicted molar refractivity (Wildman–Crippen MR) is 183 cm³/mol. The molecule has 0 spiro atoms. The number of ether oxygens (including phenoxy) is 3. The van der Waals surface area contributed by atoms with Gasteiger partial charge in [0.15, 0.2) is 11.5 Å². The lowest BCUT2D eigenvalue weighted by Crippen LogP contribution is -2.24. The molecule has 0 saturated carbocycles. The van der Waals surface area contributed by atoms with Gasteiger partial charge in [-0.2, -0.15) is 0 Å². The predicted octanol–water partition coefficient (Wildman–Crippen LogP) is 9.85. The number of benzene rings is 1. The Kier molecular flexibility index (Phi) is 26.0. The molecule has 0 heterocycles. The average Bonchev–Trinajstić information content (AvgIpc) is 3.04. The molecule has 0 aromatic heterocycles. The number of phenols is 1. The van der Waals surface area contributed by atoms with Crippen LogP contribution in [0.15, 0.2) is 24.3 Å². The number of aromatic hydroxyl groups is 1. The Morgan fingerprint density at radius 3 is 1.58 bits per heavy atom. The largest absolute Gasteiger partial charge is 0.504 e. The van der Waals surface area contributed by atoms with E-state index >= 15 is 0 Å². The molecule has 2 N–H and O–H groups in total. The molecule has 7 heteroatoms. The van der Waals surface area contributed by atoms with Gasteiger partial charge in [-0.25, -0.2) is 4.79 Å². The van der Waals surface area contributed by atoms with Crippen LogP contribution in [0.3, 0.4) is 0 Å². The molecular weight excluding hydrogens is 568 g/mol. The summed E-state index contributed by atoms with van der Waals surface area (Å²) in [4.78, 5) is 23.8. The molecule has 7 nitrogen and oxygen atoms in total. The van der Waals surface area contributed by atoms with E-state index in [2.05, 4.69) is 6.92 Å². The molecule has 0 radical (unpaired) electrons. The SMILES string of the molecule is CCCCCCCCCCCCCCCCCCCCCCCCC(=O)OCC(O)COC(=O)C=Cc1ccc(OC)c(O)c1. The van der Waals surface area contributed by atoms with E-state index in [1.165, 1.54) is 147 Å². The topological polar surface area (TPSA) is 102 Å². The molecule has 0 aliphatic carbocycles. The number of hydrogen-bond acceptors (Lipinski definition) is 7. The summed E-state index contributed by atoms with van der Waals surface area (Å²) in [5.41, 5.74) is 0.593. The molecule has 1 atom stereocenters. The van der Waals surface area contributed by atoms with Crippen molar-refractivity contribution in [3.63, 3.8) is 0 Å². The summed E-state index contributed by atoms with van der Waals surface area (Å²) in [6.07, 6.45) is 31.2. The molecule has 1 aromatic rings. The maximum atomic E-state index is 11.9. The number of aliphatic hydroxyl groups excluding tert-OH is 1. The quantitative estimate of drug-likeness (QED) is 0.0494. The third kappa shape index (κ3) is 24.4. The van der Waals surface area contributed by atoms with Crippen molar-refractivity contribution in [1.82, 2.24) is 0 Å². The number of methoxy groups -OCH3 is 1. The maximum absolute atomic E-state index is 11.9.